The molecule has 4 rings (SSSR count). The molecule has 1 unspecified atom stereocenters. The van der Waals surface area contributed by atoms with Crippen LogP contribution >= 0.6 is 15.9 Å². The fourth-order valence-corrected chi connectivity index (χ4v) is 4.53. The number of carbonyl (C=O) groups is 1. The molecule has 1 saturated heterocycles. The van der Waals surface area contributed by atoms with Crippen LogP contribution in [0, 0.1) is 17.2 Å². The van der Waals surface area contributed by atoms with Gasteiger partial charge in [0.2, 0.25) is 0 Å². The molecule has 27 heavy (non-hydrogen) atoms. The van der Waals surface area contributed by atoms with E-state index < -0.39 is 5.60 Å². The lowest BCUT2D eigenvalue weighted by molar-refractivity contribution is -0.128. The molecule has 5 heteroatoms. The zero-order valence-corrected chi connectivity index (χ0v) is 16.8. The summed E-state index contributed by atoms with van der Waals surface area (Å²) < 4.78 is 13.2. The van der Waals surface area contributed by atoms with E-state index in [4.69, 9.17) is 9.47 Å². The second kappa shape index (κ2) is 6.78. The molecule has 0 aliphatic carbocycles. The van der Waals surface area contributed by atoms with Crippen molar-refractivity contribution in [3.05, 3.63) is 63.6 Å². The Bertz CT molecular complexity index is 930. The number of Topliss-reactive ketones (excluding diaryl/α,β-unsaturated/α-hetero) is 1. The van der Waals surface area contributed by atoms with E-state index in [0.717, 1.165) is 15.8 Å². The third-order valence-electron chi connectivity index (χ3n) is 5.51. The van der Waals surface area contributed by atoms with Gasteiger partial charge >= 0.3 is 0 Å². The Morgan fingerprint density at radius 2 is 1.96 bits per heavy atom. The third-order valence-corrected chi connectivity index (χ3v) is 6.04. The Kier molecular flexibility index (Phi) is 4.57. The smallest absolute Gasteiger partial charge is 0.166 e. The van der Waals surface area contributed by atoms with Crippen molar-refractivity contribution in [2.45, 2.75) is 37.9 Å². The number of carbonyl (C=O) groups excluding carboxylic acids is 1. The number of hydrogen-bond acceptors (Lipinski definition) is 4. The van der Waals surface area contributed by atoms with E-state index in [1.165, 1.54) is 0 Å². The molecule has 0 radical (unpaired) electrons. The second-order valence-electron chi connectivity index (χ2n) is 7.65. The number of fused-ring (bicyclic) bond motifs is 3. The van der Waals surface area contributed by atoms with E-state index >= 15 is 0 Å². The number of nitriles is 1. The number of ketones is 1. The van der Waals surface area contributed by atoms with Crippen molar-refractivity contribution in [1.29, 1.82) is 5.26 Å². The largest absolute Gasteiger partial charge is 0.485 e. The molecule has 0 saturated carbocycles. The zero-order valence-electron chi connectivity index (χ0n) is 15.2. The lowest BCUT2D eigenvalue weighted by atomic mass is 9.69. The van der Waals surface area contributed by atoms with Crippen molar-refractivity contribution in [1.82, 2.24) is 0 Å². The Morgan fingerprint density at radius 3 is 2.67 bits per heavy atom. The molecular formula is C22H20BrNO3. The second-order valence-corrected chi connectivity index (χ2v) is 8.57. The SMILES string of the molecule is CC1(C)Oc2ccc(C#N)cc2[C@H]2C(C(=O)c3ccc(Br)cc3)CCO[C@H]21. The van der Waals surface area contributed by atoms with Gasteiger partial charge in [0.1, 0.15) is 17.5 Å². The molecule has 0 spiro atoms. The first-order valence-corrected chi connectivity index (χ1v) is 9.84. The van der Waals surface area contributed by atoms with Crippen molar-refractivity contribution in [2.24, 2.45) is 5.92 Å². The highest BCUT2D eigenvalue weighted by Gasteiger charge is 2.51. The zero-order chi connectivity index (χ0) is 19.2. The van der Waals surface area contributed by atoms with Crippen molar-refractivity contribution < 1.29 is 14.3 Å². The summed E-state index contributed by atoms with van der Waals surface area (Å²) in [7, 11) is 0. The van der Waals surface area contributed by atoms with Crippen LogP contribution in [0.2, 0.25) is 0 Å². The average Bonchev–Trinajstić information content (AvgIpc) is 2.67. The minimum atomic E-state index is -0.551. The molecule has 4 nitrogen and oxygen atoms in total. The molecule has 1 fully saturated rings. The Hall–Kier alpha value is -2.16. The van der Waals surface area contributed by atoms with Gasteiger partial charge in [0, 0.05) is 34.0 Å². The van der Waals surface area contributed by atoms with Crippen molar-refractivity contribution in [3.63, 3.8) is 0 Å². The standard InChI is InChI=1S/C22H20BrNO3/c1-22(2)21-19(17-11-13(12-24)3-8-18(17)27-22)16(9-10-26-21)20(25)14-4-6-15(23)7-5-14/h3-8,11,16,19,21H,9-10H2,1-2H3/t16?,19-,21-/m1/s1. The van der Waals surface area contributed by atoms with Gasteiger partial charge < -0.3 is 9.47 Å². The van der Waals surface area contributed by atoms with Crippen molar-refractivity contribution in [2.75, 3.05) is 6.61 Å². The highest BCUT2D eigenvalue weighted by atomic mass is 79.9. The molecule has 2 heterocycles. The summed E-state index contributed by atoms with van der Waals surface area (Å²) in [4.78, 5) is 13.4. The maximum absolute atomic E-state index is 13.4. The van der Waals surface area contributed by atoms with Gasteiger partial charge in [0.05, 0.1) is 11.6 Å². The Labute approximate surface area is 167 Å². The summed E-state index contributed by atoms with van der Waals surface area (Å²) in [5.41, 5.74) is 1.61. The van der Waals surface area contributed by atoms with Crippen LogP contribution in [0.25, 0.3) is 0 Å². The number of halogens is 1. The topological polar surface area (TPSA) is 59.3 Å². The number of rotatable bonds is 2. The van der Waals surface area contributed by atoms with E-state index in [-0.39, 0.29) is 23.7 Å². The molecule has 0 N–H and O–H groups in total. The van der Waals surface area contributed by atoms with Gasteiger partial charge in [-0.3, -0.25) is 4.79 Å². The predicted molar refractivity (Wildman–Crippen MR) is 105 cm³/mol. The van der Waals surface area contributed by atoms with Crippen LogP contribution in [0.1, 0.15) is 47.7 Å². The summed E-state index contributed by atoms with van der Waals surface area (Å²) in [6.07, 6.45) is 0.416. The van der Waals surface area contributed by atoms with E-state index in [1.54, 1.807) is 6.07 Å². The van der Waals surface area contributed by atoms with Gasteiger partial charge in [-0.15, -0.1) is 0 Å². The molecule has 0 aromatic heterocycles. The Morgan fingerprint density at radius 1 is 1.22 bits per heavy atom. The lowest BCUT2D eigenvalue weighted by Crippen LogP contribution is -2.55. The minimum Gasteiger partial charge on any atom is -0.485 e. The van der Waals surface area contributed by atoms with Crippen molar-refractivity contribution >= 4 is 21.7 Å². The summed E-state index contributed by atoms with van der Waals surface area (Å²) in [6.45, 7) is 4.52. The van der Waals surface area contributed by atoms with E-state index in [2.05, 4.69) is 22.0 Å². The van der Waals surface area contributed by atoms with Gasteiger partial charge in [-0.05, 0) is 50.6 Å². The summed E-state index contributed by atoms with van der Waals surface area (Å²) in [5, 5.41) is 9.32. The van der Waals surface area contributed by atoms with E-state index in [0.29, 0.717) is 24.2 Å². The minimum absolute atomic E-state index is 0.117. The lowest BCUT2D eigenvalue weighted by Gasteiger charge is -2.49. The molecule has 0 amide bonds. The predicted octanol–water partition coefficient (Wildman–Crippen LogP) is 4.86. The third kappa shape index (κ3) is 3.18. The summed E-state index contributed by atoms with van der Waals surface area (Å²) >= 11 is 3.42. The van der Waals surface area contributed by atoms with Crippen LogP contribution in [-0.2, 0) is 4.74 Å². The molecule has 3 atom stereocenters. The Balaban J connectivity index is 1.80. The molecule has 138 valence electrons. The average molecular weight is 426 g/mol. The van der Waals surface area contributed by atoms with Gasteiger partial charge in [-0.1, -0.05) is 28.1 Å². The van der Waals surface area contributed by atoms with Gasteiger partial charge in [-0.2, -0.15) is 5.26 Å². The molecule has 2 aliphatic heterocycles. The quantitative estimate of drug-likeness (QED) is 0.644. The van der Waals surface area contributed by atoms with Gasteiger partial charge in [0.15, 0.2) is 5.78 Å². The molecule has 2 aromatic rings. The summed E-state index contributed by atoms with van der Waals surface area (Å²) in [5.74, 6) is 0.508. The van der Waals surface area contributed by atoms with Crippen LogP contribution in [-0.4, -0.2) is 24.1 Å². The maximum Gasteiger partial charge on any atom is 0.166 e. The molecular weight excluding hydrogens is 406 g/mol. The van der Waals surface area contributed by atoms with Crippen LogP contribution in [0.4, 0.5) is 0 Å². The fraction of sp³-hybridized carbons (Fsp3) is 0.364. The fourth-order valence-electron chi connectivity index (χ4n) is 4.26. The van der Waals surface area contributed by atoms with Crippen LogP contribution in [0.15, 0.2) is 46.9 Å². The normalized spacial score (nSPS) is 25.5. The number of ether oxygens (including phenoxy) is 2. The highest BCUT2D eigenvalue weighted by Crippen LogP contribution is 2.50. The molecule has 2 aliphatic rings. The van der Waals surface area contributed by atoms with Crippen LogP contribution in [0.3, 0.4) is 0 Å². The van der Waals surface area contributed by atoms with Crippen LogP contribution < -0.4 is 4.74 Å². The first-order valence-electron chi connectivity index (χ1n) is 9.05. The molecule has 0 bridgehead atoms. The maximum atomic E-state index is 13.4. The van der Waals surface area contributed by atoms with Gasteiger partial charge in [-0.25, -0.2) is 0 Å². The van der Waals surface area contributed by atoms with Crippen molar-refractivity contribution in [3.8, 4) is 11.8 Å². The monoisotopic (exact) mass is 425 g/mol. The van der Waals surface area contributed by atoms with E-state index in [9.17, 15) is 10.1 Å². The van der Waals surface area contributed by atoms with Crippen LogP contribution in [0.5, 0.6) is 5.75 Å². The number of benzene rings is 2. The number of hydrogen-bond donors (Lipinski definition) is 0. The molecule has 2 aromatic carbocycles. The number of nitrogens with zero attached hydrogens (tertiary/aromatic N) is 1. The highest BCUT2D eigenvalue weighted by molar-refractivity contribution is 9.10. The first kappa shape index (κ1) is 18.2. The van der Waals surface area contributed by atoms with E-state index in [1.807, 2.05) is 50.2 Å². The summed E-state index contributed by atoms with van der Waals surface area (Å²) in [6, 6.07) is 15.1. The first-order chi connectivity index (χ1) is 12.9. The van der Waals surface area contributed by atoms with Gasteiger partial charge in [0.25, 0.3) is 0 Å².